The minimum Gasteiger partial charge on any atom is -0.478 e. The van der Waals surface area contributed by atoms with Crippen molar-refractivity contribution in [3.05, 3.63) is 24.3 Å². The molecule has 0 saturated heterocycles. The summed E-state index contributed by atoms with van der Waals surface area (Å²) >= 11 is 10.7. The largest absolute Gasteiger partial charge is 0.478 e. The molecule has 2 nitrogen and oxygen atoms in total. The lowest BCUT2D eigenvalue weighted by atomic mass is 10.3. The van der Waals surface area contributed by atoms with Crippen molar-refractivity contribution in [3.8, 4) is 11.5 Å². The zero-order valence-corrected chi connectivity index (χ0v) is 7.81. The van der Waals surface area contributed by atoms with Crippen molar-refractivity contribution in [1.29, 1.82) is 0 Å². The minimum atomic E-state index is 0.149. The Morgan fingerprint density at radius 2 is 1.17 bits per heavy atom. The summed E-state index contributed by atoms with van der Waals surface area (Å²) in [7, 11) is 0. The van der Waals surface area contributed by atoms with Crippen LogP contribution in [0.15, 0.2) is 24.3 Å². The van der Waals surface area contributed by atoms with E-state index in [2.05, 4.69) is 0 Å². The Kier molecular flexibility index (Phi) is 4.05. The first kappa shape index (κ1) is 9.49. The van der Waals surface area contributed by atoms with E-state index in [1.807, 2.05) is 0 Å². The van der Waals surface area contributed by atoms with Gasteiger partial charge in [-0.25, -0.2) is 0 Å². The van der Waals surface area contributed by atoms with E-state index in [0.29, 0.717) is 11.5 Å². The molecule has 1 aromatic rings. The van der Waals surface area contributed by atoms with E-state index in [4.69, 9.17) is 32.7 Å². The molecule has 4 heteroatoms. The van der Waals surface area contributed by atoms with E-state index in [9.17, 15) is 0 Å². The van der Waals surface area contributed by atoms with E-state index < -0.39 is 0 Å². The second-order valence-corrected chi connectivity index (χ2v) is 2.41. The van der Waals surface area contributed by atoms with E-state index in [1.165, 1.54) is 0 Å². The summed E-state index contributed by atoms with van der Waals surface area (Å²) in [6.07, 6.45) is 0. The van der Waals surface area contributed by atoms with Gasteiger partial charge >= 0.3 is 0 Å². The summed E-state index contributed by atoms with van der Waals surface area (Å²) < 4.78 is 10.0. The van der Waals surface area contributed by atoms with Crippen LogP contribution in [-0.4, -0.2) is 12.1 Å². The SMILES string of the molecule is ClCOc1ccc(OCCl)cc1. The highest BCUT2D eigenvalue weighted by atomic mass is 35.5. The molecule has 0 saturated carbocycles. The Morgan fingerprint density at radius 3 is 1.42 bits per heavy atom. The first-order valence-corrected chi connectivity index (χ1v) is 4.41. The monoisotopic (exact) mass is 206 g/mol. The molecule has 0 unspecified atom stereocenters. The molecule has 0 aliphatic heterocycles. The molecule has 66 valence electrons. The van der Waals surface area contributed by atoms with Gasteiger partial charge in [-0.05, 0) is 24.3 Å². The number of hydrogen-bond acceptors (Lipinski definition) is 2. The Bertz CT molecular complexity index is 198. The van der Waals surface area contributed by atoms with Crippen LogP contribution in [0.2, 0.25) is 0 Å². The predicted molar refractivity (Wildman–Crippen MR) is 49.1 cm³/mol. The molecule has 12 heavy (non-hydrogen) atoms. The quantitative estimate of drug-likeness (QED) is 0.706. The van der Waals surface area contributed by atoms with Gasteiger partial charge in [-0.2, -0.15) is 0 Å². The molecule has 0 amide bonds. The number of alkyl halides is 2. The van der Waals surface area contributed by atoms with Crippen molar-refractivity contribution < 1.29 is 9.47 Å². The summed E-state index contributed by atoms with van der Waals surface area (Å²) in [6.45, 7) is 0. The van der Waals surface area contributed by atoms with Crippen LogP contribution >= 0.6 is 23.2 Å². The van der Waals surface area contributed by atoms with Gasteiger partial charge in [-0.1, -0.05) is 23.2 Å². The molecule has 0 aromatic heterocycles. The second-order valence-electron chi connectivity index (χ2n) is 1.98. The Balaban J connectivity index is 2.58. The van der Waals surface area contributed by atoms with Gasteiger partial charge in [0.25, 0.3) is 0 Å². The summed E-state index contributed by atoms with van der Waals surface area (Å²) in [6, 6.07) is 7.37. The average Bonchev–Trinajstić information content (AvgIpc) is 2.09. The Hall–Kier alpha value is -0.600. The second kappa shape index (κ2) is 5.12. The zero-order valence-electron chi connectivity index (χ0n) is 6.30. The van der Waals surface area contributed by atoms with Crippen LogP contribution in [0.25, 0.3) is 0 Å². The molecule has 0 radical (unpaired) electrons. The first-order chi connectivity index (χ1) is 5.86. The minimum absolute atomic E-state index is 0.149. The summed E-state index contributed by atoms with van der Waals surface area (Å²) in [5.41, 5.74) is 0. The van der Waals surface area contributed by atoms with Crippen molar-refractivity contribution >= 4 is 23.2 Å². The van der Waals surface area contributed by atoms with Gasteiger partial charge < -0.3 is 9.47 Å². The lowest BCUT2D eigenvalue weighted by Crippen LogP contribution is -1.90. The highest BCUT2D eigenvalue weighted by Crippen LogP contribution is 2.17. The fraction of sp³-hybridized carbons (Fsp3) is 0.250. The van der Waals surface area contributed by atoms with Crippen LogP contribution in [-0.2, 0) is 0 Å². The molecule has 0 heterocycles. The topological polar surface area (TPSA) is 18.5 Å². The van der Waals surface area contributed by atoms with Crippen molar-refractivity contribution in [2.45, 2.75) is 0 Å². The maximum atomic E-state index is 5.36. The third-order valence-corrected chi connectivity index (χ3v) is 1.48. The Morgan fingerprint density at radius 1 is 0.833 bits per heavy atom. The standard InChI is InChI=1S/C8H8Cl2O2/c9-5-11-7-1-2-8(4-3-7)12-6-10/h1-4H,5-6H2. The third-order valence-electron chi connectivity index (χ3n) is 1.27. The molecule has 0 atom stereocenters. The molecule has 1 aromatic carbocycles. The van der Waals surface area contributed by atoms with E-state index >= 15 is 0 Å². The van der Waals surface area contributed by atoms with Crippen LogP contribution in [0.1, 0.15) is 0 Å². The van der Waals surface area contributed by atoms with Gasteiger partial charge in [0.15, 0.2) is 12.1 Å². The molecular formula is C8H8Cl2O2. The van der Waals surface area contributed by atoms with Gasteiger partial charge in [-0.15, -0.1) is 0 Å². The van der Waals surface area contributed by atoms with E-state index in [-0.39, 0.29) is 12.1 Å². The molecule has 1 rings (SSSR count). The molecule has 0 aliphatic carbocycles. The highest BCUT2D eigenvalue weighted by molar-refractivity contribution is 6.17. The Labute approximate surface area is 81.0 Å². The van der Waals surface area contributed by atoms with Crippen molar-refractivity contribution in [2.75, 3.05) is 12.1 Å². The maximum Gasteiger partial charge on any atom is 0.162 e. The van der Waals surface area contributed by atoms with Gasteiger partial charge in [0.05, 0.1) is 0 Å². The number of hydrogen-bond donors (Lipinski definition) is 0. The van der Waals surface area contributed by atoms with Crippen molar-refractivity contribution in [3.63, 3.8) is 0 Å². The number of benzene rings is 1. The predicted octanol–water partition coefficient (Wildman–Crippen LogP) is 2.84. The molecular weight excluding hydrogens is 199 g/mol. The first-order valence-electron chi connectivity index (χ1n) is 3.34. The third kappa shape index (κ3) is 2.80. The molecule has 0 bridgehead atoms. The zero-order chi connectivity index (χ0) is 8.81. The number of halogens is 2. The maximum absolute atomic E-state index is 5.36. The molecule has 0 aliphatic rings. The van der Waals surface area contributed by atoms with Crippen LogP contribution < -0.4 is 9.47 Å². The summed E-state index contributed by atoms with van der Waals surface area (Å²) in [5, 5.41) is 0. The summed E-state index contributed by atoms with van der Waals surface area (Å²) in [5.74, 6) is 1.43. The van der Waals surface area contributed by atoms with Crippen LogP contribution in [0.5, 0.6) is 11.5 Å². The normalized spacial score (nSPS) is 9.50. The van der Waals surface area contributed by atoms with Crippen LogP contribution in [0.3, 0.4) is 0 Å². The lowest BCUT2D eigenvalue weighted by Gasteiger charge is -2.03. The smallest absolute Gasteiger partial charge is 0.162 e. The van der Waals surface area contributed by atoms with Gasteiger partial charge in [-0.3, -0.25) is 0 Å². The van der Waals surface area contributed by atoms with Crippen LogP contribution in [0.4, 0.5) is 0 Å². The highest BCUT2D eigenvalue weighted by Gasteiger charge is 1.93. The van der Waals surface area contributed by atoms with E-state index in [1.54, 1.807) is 24.3 Å². The number of ether oxygens (including phenoxy) is 2. The van der Waals surface area contributed by atoms with Crippen LogP contribution in [0, 0.1) is 0 Å². The lowest BCUT2D eigenvalue weighted by molar-refractivity contribution is 0.377. The molecule has 0 spiro atoms. The van der Waals surface area contributed by atoms with Gasteiger partial charge in [0, 0.05) is 0 Å². The summed E-state index contributed by atoms with van der Waals surface area (Å²) in [4.78, 5) is 0. The fourth-order valence-electron chi connectivity index (χ4n) is 0.758. The van der Waals surface area contributed by atoms with Gasteiger partial charge in [0.1, 0.15) is 11.5 Å². The average molecular weight is 207 g/mol. The number of rotatable bonds is 4. The van der Waals surface area contributed by atoms with Crippen molar-refractivity contribution in [2.24, 2.45) is 0 Å². The van der Waals surface area contributed by atoms with Crippen molar-refractivity contribution in [1.82, 2.24) is 0 Å². The van der Waals surface area contributed by atoms with Gasteiger partial charge in [0.2, 0.25) is 0 Å². The molecule has 0 N–H and O–H groups in total. The molecule has 0 fully saturated rings. The van der Waals surface area contributed by atoms with E-state index in [0.717, 1.165) is 0 Å². The fourth-order valence-corrected chi connectivity index (χ4v) is 1.01.